The van der Waals surface area contributed by atoms with Gasteiger partial charge < -0.3 is 10.1 Å². The molecular formula is C23H14Cl4N2O2. The van der Waals surface area contributed by atoms with Gasteiger partial charge >= 0.3 is 0 Å². The quantitative estimate of drug-likeness (QED) is 0.289. The molecule has 0 aliphatic rings. The lowest BCUT2D eigenvalue weighted by molar-refractivity contribution is -0.118. The number of nitriles is 1. The number of anilines is 1. The van der Waals surface area contributed by atoms with Crippen molar-refractivity contribution in [2.45, 2.75) is 0 Å². The predicted molar refractivity (Wildman–Crippen MR) is 127 cm³/mol. The van der Waals surface area contributed by atoms with Gasteiger partial charge in [-0.25, -0.2) is 0 Å². The monoisotopic (exact) mass is 490 g/mol. The maximum atomic E-state index is 12.1. The Bertz CT molecular complexity index is 1190. The third-order valence-corrected chi connectivity index (χ3v) is 5.19. The van der Waals surface area contributed by atoms with E-state index in [1.807, 2.05) is 0 Å². The van der Waals surface area contributed by atoms with Gasteiger partial charge in [0.25, 0.3) is 5.91 Å². The molecule has 8 heteroatoms. The zero-order chi connectivity index (χ0) is 22.4. The highest BCUT2D eigenvalue weighted by Crippen LogP contribution is 2.30. The summed E-state index contributed by atoms with van der Waals surface area (Å²) in [6.45, 7) is -0.221. The molecule has 3 aromatic rings. The van der Waals surface area contributed by atoms with E-state index in [1.54, 1.807) is 66.7 Å². The normalized spacial score (nSPS) is 11.0. The van der Waals surface area contributed by atoms with E-state index in [0.29, 0.717) is 48.2 Å². The SMILES string of the molecule is N#C/C(=C\c1ccc(OCC(=O)Nc2ccc(Cl)cc2)c(Cl)c1)c1ccc(Cl)cc1Cl. The molecule has 0 aliphatic heterocycles. The van der Waals surface area contributed by atoms with Gasteiger partial charge in [0.05, 0.1) is 21.7 Å². The summed E-state index contributed by atoms with van der Waals surface area (Å²) in [6.07, 6.45) is 1.65. The average Bonchev–Trinajstić information content (AvgIpc) is 2.73. The Labute approximate surface area is 199 Å². The predicted octanol–water partition coefficient (Wildman–Crippen LogP) is 7.38. The molecule has 0 aliphatic carbocycles. The van der Waals surface area contributed by atoms with Gasteiger partial charge in [-0.05, 0) is 60.2 Å². The first kappa shape index (κ1) is 23.0. The molecule has 156 valence electrons. The zero-order valence-corrected chi connectivity index (χ0v) is 18.9. The fourth-order valence-electron chi connectivity index (χ4n) is 2.64. The molecule has 0 heterocycles. The molecule has 0 atom stereocenters. The molecule has 1 amide bonds. The van der Waals surface area contributed by atoms with Crippen LogP contribution in [0.15, 0.2) is 60.7 Å². The fraction of sp³-hybridized carbons (Fsp3) is 0.0435. The van der Waals surface area contributed by atoms with Gasteiger partial charge in [-0.3, -0.25) is 4.79 Å². The number of benzene rings is 3. The topological polar surface area (TPSA) is 62.1 Å². The number of nitrogens with zero attached hydrogens (tertiary/aromatic N) is 1. The Morgan fingerprint density at radius 1 is 0.935 bits per heavy atom. The lowest BCUT2D eigenvalue weighted by atomic mass is 10.0. The van der Waals surface area contributed by atoms with Crippen LogP contribution in [0.5, 0.6) is 5.75 Å². The van der Waals surface area contributed by atoms with E-state index >= 15 is 0 Å². The lowest BCUT2D eigenvalue weighted by Gasteiger charge is -2.10. The highest BCUT2D eigenvalue weighted by atomic mass is 35.5. The summed E-state index contributed by atoms with van der Waals surface area (Å²) in [5.41, 5.74) is 2.19. The van der Waals surface area contributed by atoms with Crippen molar-refractivity contribution in [2.75, 3.05) is 11.9 Å². The van der Waals surface area contributed by atoms with Crippen molar-refractivity contribution < 1.29 is 9.53 Å². The van der Waals surface area contributed by atoms with Crippen LogP contribution in [-0.2, 0) is 4.79 Å². The first-order valence-electron chi connectivity index (χ1n) is 8.90. The van der Waals surface area contributed by atoms with Crippen molar-refractivity contribution in [1.29, 1.82) is 5.26 Å². The van der Waals surface area contributed by atoms with Gasteiger partial charge in [0.15, 0.2) is 6.61 Å². The second kappa shape index (κ2) is 10.6. The summed E-state index contributed by atoms with van der Waals surface area (Å²) >= 11 is 24.2. The second-order valence-electron chi connectivity index (χ2n) is 6.33. The second-order valence-corrected chi connectivity index (χ2v) is 8.01. The van der Waals surface area contributed by atoms with Crippen molar-refractivity contribution in [3.8, 4) is 11.8 Å². The third kappa shape index (κ3) is 6.40. The first-order valence-corrected chi connectivity index (χ1v) is 10.4. The summed E-state index contributed by atoms with van der Waals surface area (Å²) in [5.74, 6) is -0.000357. The number of carbonyl (C=O) groups is 1. The lowest BCUT2D eigenvalue weighted by Crippen LogP contribution is -2.20. The maximum Gasteiger partial charge on any atom is 0.262 e. The molecule has 0 saturated heterocycles. The number of amides is 1. The number of hydrogen-bond donors (Lipinski definition) is 1. The van der Waals surface area contributed by atoms with Crippen LogP contribution in [0.2, 0.25) is 20.1 Å². The van der Waals surface area contributed by atoms with Gasteiger partial charge in [0.2, 0.25) is 0 Å². The number of hydrogen-bond acceptors (Lipinski definition) is 3. The Hall–Kier alpha value is -2.68. The van der Waals surface area contributed by atoms with E-state index in [9.17, 15) is 10.1 Å². The average molecular weight is 492 g/mol. The van der Waals surface area contributed by atoms with E-state index in [4.69, 9.17) is 51.1 Å². The van der Waals surface area contributed by atoms with Gasteiger partial charge in [0, 0.05) is 21.3 Å². The Balaban J connectivity index is 1.69. The molecule has 0 saturated carbocycles. The van der Waals surface area contributed by atoms with Gasteiger partial charge in [-0.1, -0.05) is 58.5 Å². The molecule has 0 radical (unpaired) electrons. The van der Waals surface area contributed by atoms with Crippen molar-refractivity contribution in [3.63, 3.8) is 0 Å². The third-order valence-electron chi connectivity index (χ3n) is 4.10. The van der Waals surface area contributed by atoms with E-state index < -0.39 is 0 Å². The van der Waals surface area contributed by atoms with Crippen LogP contribution in [0.25, 0.3) is 11.6 Å². The molecule has 1 N–H and O–H groups in total. The minimum absolute atomic E-state index is 0.221. The summed E-state index contributed by atoms with van der Waals surface area (Å²) in [6, 6.07) is 18.7. The minimum Gasteiger partial charge on any atom is -0.482 e. The molecule has 0 fully saturated rings. The Morgan fingerprint density at radius 2 is 1.65 bits per heavy atom. The molecule has 3 aromatic carbocycles. The van der Waals surface area contributed by atoms with Gasteiger partial charge in [-0.15, -0.1) is 0 Å². The molecular weight excluding hydrogens is 478 g/mol. The van der Waals surface area contributed by atoms with Crippen LogP contribution < -0.4 is 10.1 Å². The largest absolute Gasteiger partial charge is 0.482 e. The number of rotatable bonds is 6. The van der Waals surface area contributed by atoms with Crippen molar-refractivity contribution in [2.24, 2.45) is 0 Å². The van der Waals surface area contributed by atoms with Crippen LogP contribution in [0.1, 0.15) is 11.1 Å². The zero-order valence-electron chi connectivity index (χ0n) is 15.8. The number of allylic oxidation sites excluding steroid dienone is 1. The number of nitrogens with one attached hydrogen (secondary N) is 1. The van der Waals surface area contributed by atoms with Gasteiger partial charge in [0.1, 0.15) is 5.75 Å². The minimum atomic E-state index is -0.341. The molecule has 0 unspecified atom stereocenters. The standard InChI is InChI=1S/C23H14Cl4N2O2/c24-16-2-5-18(6-3-16)29-23(30)13-31-22-8-1-14(10-21(22)27)9-15(12-28)19-7-4-17(25)11-20(19)26/h1-11H,13H2,(H,29,30)/b15-9+. The van der Waals surface area contributed by atoms with Crippen molar-refractivity contribution in [1.82, 2.24) is 0 Å². The van der Waals surface area contributed by atoms with Crippen LogP contribution >= 0.6 is 46.4 Å². The Morgan fingerprint density at radius 3 is 2.29 bits per heavy atom. The number of halogens is 4. The van der Waals surface area contributed by atoms with E-state index in [0.717, 1.165) is 0 Å². The molecule has 3 rings (SSSR count). The van der Waals surface area contributed by atoms with Crippen LogP contribution in [0.3, 0.4) is 0 Å². The summed E-state index contributed by atoms with van der Waals surface area (Å²) < 4.78 is 5.51. The summed E-state index contributed by atoms with van der Waals surface area (Å²) in [7, 11) is 0. The molecule has 31 heavy (non-hydrogen) atoms. The van der Waals surface area contributed by atoms with E-state index in [2.05, 4.69) is 11.4 Å². The number of carbonyl (C=O) groups excluding carboxylic acids is 1. The highest BCUT2D eigenvalue weighted by Gasteiger charge is 2.10. The van der Waals surface area contributed by atoms with Crippen molar-refractivity contribution >= 4 is 69.6 Å². The molecule has 0 bridgehead atoms. The Kier molecular flexibility index (Phi) is 7.84. The molecule has 4 nitrogen and oxygen atoms in total. The van der Waals surface area contributed by atoms with Crippen LogP contribution in [0.4, 0.5) is 5.69 Å². The highest BCUT2D eigenvalue weighted by molar-refractivity contribution is 6.36. The molecule has 0 aromatic heterocycles. The fourth-order valence-corrected chi connectivity index (χ4v) is 3.52. The van der Waals surface area contributed by atoms with E-state index in [1.165, 1.54) is 0 Å². The van der Waals surface area contributed by atoms with E-state index in [-0.39, 0.29) is 12.5 Å². The van der Waals surface area contributed by atoms with Crippen LogP contribution in [0, 0.1) is 11.3 Å². The van der Waals surface area contributed by atoms with Crippen LogP contribution in [-0.4, -0.2) is 12.5 Å². The first-order chi connectivity index (χ1) is 14.9. The number of ether oxygens (including phenoxy) is 1. The maximum absolute atomic E-state index is 12.1. The molecule has 0 spiro atoms. The summed E-state index contributed by atoms with van der Waals surface area (Å²) in [5, 5.41) is 13.9. The smallest absolute Gasteiger partial charge is 0.262 e. The van der Waals surface area contributed by atoms with Crippen molar-refractivity contribution in [3.05, 3.63) is 91.9 Å². The van der Waals surface area contributed by atoms with Gasteiger partial charge in [-0.2, -0.15) is 5.26 Å². The summed E-state index contributed by atoms with van der Waals surface area (Å²) in [4.78, 5) is 12.1.